The summed E-state index contributed by atoms with van der Waals surface area (Å²) in [5.74, 6) is -0.811. The lowest BCUT2D eigenvalue weighted by molar-refractivity contribution is -0.143. The van der Waals surface area contributed by atoms with Gasteiger partial charge in [-0.25, -0.2) is 8.42 Å². The van der Waals surface area contributed by atoms with Crippen molar-refractivity contribution in [2.24, 2.45) is 0 Å². The van der Waals surface area contributed by atoms with Gasteiger partial charge in [0.05, 0.1) is 23.6 Å². The van der Waals surface area contributed by atoms with Crippen molar-refractivity contribution in [1.82, 2.24) is 0 Å². The van der Waals surface area contributed by atoms with Crippen LogP contribution in [0.4, 0.5) is 5.69 Å². The maximum absolute atomic E-state index is 12.7. The number of hydrogen-bond acceptors (Lipinski definition) is 5. The van der Waals surface area contributed by atoms with Crippen LogP contribution in [0, 0.1) is 0 Å². The van der Waals surface area contributed by atoms with Crippen LogP contribution in [0.3, 0.4) is 0 Å². The average Bonchev–Trinajstić information content (AvgIpc) is 2.66. The Morgan fingerprint density at radius 3 is 2.32 bits per heavy atom. The molecule has 0 saturated carbocycles. The molecule has 150 valence electrons. The van der Waals surface area contributed by atoms with Crippen molar-refractivity contribution in [2.75, 3.05) is 11.3 Å². The van der Waals surface area contributed by atoms with Crippen LogP contribution in [0.2, 0.25) is 5.02 Å². The topological polar surface area (TPSA) is 89.5 Å². The van der Waals surface area contributed by atoms with Crippen molar-refractivity contribution in [1.29, 1.82) is 0 Å². The number of ether oxygens (including phenoxy) is 1. The third-order valence-corrected chi connectivity index (χ3v) is 5.66. The molecule has 0 aliphatic rings. The molecule has 0 aliphatic heterocycles. The van der Waals surface area contributed by atoms with Gasteiger partial charge in [-0.2, -0.15) is 0 Å². The van der Waals surface area contributed by atoms with E-state index >= 15 is 0 Å². The van der Waals surface area contributed by atoms with E-state index in [2.05, 4.69) is 4.72 Å². The monoisotopic (exact) mass is 423 g/mol. The highest BCUT2D eigenvalue weighted by atomic mass is 35.5. The SMILES string of the molecule is CCOC(=O)CCC(=O)c1ccc(CC)cc1NS(=O)(=O)c1ccc(Cl)cc1. The Bertz CT molecular complexity index is 955. The van der Waals surface area contributed by atoms with Crippen molar-refractivity contribution >= 4 is 39.1 Å². The number of esters is 1. The minimum absolute atomic E-state index is 0.0312. The summed E-state index contributed by atoms with van der Waals surface area (Å²) >= 11 is 5.81. The molecule has 0 aliphatic carbocycles. The molecule has 2 rings (SSSR count). The molecule has 2 aromatic carbocycles. The van der Waals surface area contributed by atoms with Crippen LogP contribution >= 0.6 is 11.6 Å². The average molecular weight is 424 g/mol. The first-order chi connectivity index (χ1) is 13.3. The van der Waals surface area contributed by atoms with Gasteiger partial charge in [0.2, 0.25) is 0 Å². The zero-order valence-electron chi connectivity index (χ0n) is 15.7. The highest BCUT2D eigenvalue weighted by molar-refractivity contribution is 7.92. The van der Waals surface area contributed by atoms with Crippen molar-refractivity contribution in [2.45, 2.75) is 38.0 Å². The summed E-state index contributed by atoms with van der Waals surface area (Å²) in [5.41, 5.74) is 1.26. The smallest absolute Gasteiger partial charge is 0.306 e. The fraction of sp³-hybridized carbons (Fsp3) is 0.300. The van der Waals surface area contributed by atoms with E-state index in [4.69, 9.17) is 16.3 Å². The van der Waals surface area contributed by atoms with Gasteiger partial charge >= 0.3 is 5.97 Å². The molecule has 0 radical (unpaired) electrons. The standard InChI is InChI=1S/C20H22ClNO5S/c1-3-14-5-10-17(19(23)11-12-20(24)27-4-2)18(13-14)22-28(25,26)16-8-6-15(21)7-9-16/h5-10,13,22H,3-4,11-12H2,1-2H3. The van der Waals surface area contributed by atoms with Gasteiger partial charge in [0, 0.05) is 17.0 Å². The van der Waals surface area contributed by atoms with Gasteiger partial charge in [-0.1, -0.05) is 24.6 Å². The molecule has 8 heteroatoms. The second-order valence-electron chi connectivity index (χ2n) is 6.02. The van der Waals surface area contributed by atoms with Crippen LogP contribution in [0.5, 0.6) is 0 Å². The number of rotatable bonds is 9. The first-order valence-corrected chi connectivity index (χ1v) is 10.7. The number of ketones is 1. The number of Topliss-reactive ketones (excluding diaryl/α,β-unsaturated/α-hetero) is 1. The number of sulfonamides is 1. The second kappa shape index (κ2) is 9.71. The second-order valence-corrected chi connectivity index (χ2v) is 8.14. The quantitative estimate of drug-likeness (QED) is 0.481. The van der Waals surface area contributed by atoms with E-state index in [-0.39, 0.29) is 41.4 Å². The first kappa shape index (κ1) is 21.9. The lowest BCUT2D eigenvalue weighted by Gasteiger charge is -2.14. The van der Waals surface area contributed by atoms with E-state index in [0.29, 0.717) is 11.4 Å². The number of carbonyl (C=O) groups is 2. The number of benzene rings is 2. The Hall–Kier alpha value is -2.38. The summed E-state index contributed by atoms with van der Waals surface area (Å²) in [6, 6.07) is 10.7. The summed E-state index contributed by atoms with van der Waals surface area (Å²) in [7, 11) is -3.90. The van der Waals surface area contributed by atoms with Gasteiger partial charge < -0.3 is 4.74 Å². The first-order valence-electron chi connectivity index (χ1n) is 8.87. The highest BCUT2D eigenvalue weighted by Crippen LogP contribution is 2.24. The van der Waals surface area contributed by atoms with Crippen molar-refractivity contribution in [3.05, 3.63) is 58.6 Å². The summed E-state index contributed by atoms with van der Waals surface area (Å²) in [6.45, 7) is 3.85. The molecule has 0 saturated heterocycles. The van der Waals surface area contributed by atoms with Crippen molar-refractivity contribution in [3.63, 3.8) is 0 Å². The number of anilines is 1. The van der Waals surface area contributed by atoms with Gasteiger partial charge in [-0.05, 0) is 55.3 Å². The molecular formula is C20H22ClNO5S. The number of halogens is 1. The van der Waals surface area contributed by atoms with Crippen LogP contribution in [0.15, 0.2) is 47.4 Å². The largest absolute Gasteiger partial charge is 0.466 e. The molecule has 0 amide bonds. The predicted octanol–water partition coefficient (Wildman–Crippen LogP) is 4.23. The molecule has 0 heterocycles. The zero-order valence-corrected chi connectivity index (χ0v) is 17.3. The van der Waals surface area contributed by atoms with E-state index < -0.39 is 16.0 Å². The fourth-order valence-electron chi connectivity index (χ4n) is 2.54. The number of carbonyl (C=O) groups excluding carboxylic acids is 2. The molecule has 2 aromatic rings. The molecular weight excluding hydrogens is 402 g/mol. The zero-order chi connectivity index (χ0) is 20.7. The molecule has 28 heavy (non-hydrogen) atoms. The molecule has 0 unspecified atom stereocenters. The van der Waals surface area contributed by atoms with Crippen LogP contribution in [0.1, 0.15) is 42.6 Å². The Kier molecular flexibility index (Phi) is 7.60. The Morgan fingerprint density at radius 2 is 1.71 bits per heavy atom. The van der Waals surface area contributed by atoms with Gasteiger partial charge in [0.25, 0.3) is 10.0 Å². The van der Waals surface area contributed by atoms with Gasteiger partial charge in [0.15, 0.2) is 5.78 Å². The summed E-state index contributed by atoms with van der Waals surface area (Å²) in [6.07, 6.45) is 0.540. The van der Waals surface area contributed by atoms with Crippen molar-refractivity contribution in [3.8, 4) is 0 Å². The predicted molar refractivity (Wildman–Crippen MR) is 108 cm³/mol. The summed E-state index contributed by atoms with van der Waals surface area (Å²) in [5, 5.41) is 0.418. The molecule has 0 aromatic heterocycles. The Morgan fingerprint density at radius 1 is 1.04 bits per heavy atom. The summed E-state index contributed by atoms with van der Waals surface area (Å²) < 4.78 is 32.7. The lowest BCUT2D eigenvalue weighted by Crippen LogP contribution is -2.16. The van der Waals surface area contributed by atoms with Crippen LogP contribution in [0.25, 0.3) is 0 Å². The third kappa shape index (κ3) is 5.81. The Labute approximate surface area is 169 Å². The Balaban J connectivity index is 2.30. The summed E-state index contributed by atoms with van der Waals surface area (Å²) in [4.78, 5) is 24.1. The number of hydrogen-bond donors (Lipinski definition) is 1. The third-order valence-electron chi connectivity index (χ3n) is 4.02. The van der Waals surface area contributed by atoms with E-state index in [1.54, 1.807) is 25.1 Å². The molecule has 0 atom stereocenters. The van der Waals surface area contributed by atoms with E-state index in [0.717, 1.165) is 5.56 Å². The van der Waals surface area contributed by atoms with Crippen LogP contribution < -0.4 is 4.72 Å². The number of aryl methyl sites for hydroxylation is 1. The van der Waals surface area contributed by atoms with E-state index in [9.17, 15) is 18.0 Å². The maximum Gasteiger partial charge on any atom is 0.306 e. The van der Waals surface area contributed by atoms with Gasteiger partial charge in [0.1, 0.15) is 0 Å². The van der Waals surface area contributed by atoms with Gasteiger partial charge in [-0.3, -0.25) is 14.3 Å². The normalized spacial score (nSPS) is 11.1. The minimum Gasteiger partial charge on any atom is -0.466 e. The van der Waals surface area contributed by atoms with Crippen LogP contribution in [-0.4, -0.2) is 26.8 Å². The lowest BCUT2D eigenvalue weighted by atomic mass is 10.0. The maximum atomic E-state index is 12.7. The molecule has 6 nitrogen and oxygen atoms in total. The molecule has 0 fully saturated rings. The number of nitrogens with one attached hydrogen (secondary N) is 1. The fourth-order valence-corrected chi connectivity index (χ4v) is 3.74. The minimum atomic E-state index is -3.90. The highest BCUT2D eigenvalue weighted by Gasteiger charge is 2.20. The molecule has 0 spiro atoms. The molecule has 1 N–H and O–H groups in total. The van der Waals surface area contributed by atoms with Crippen LogP contribution in [-0.2, 0) is 26.0 Å². The van der Waals surface area contributed by atoms with Crippen molar-refractivity contribution < 1.29 is 22.7 Å². The van der Waals surface area contributed by atoms with E-state index in [1.807, 2.05) is 6.92 Å². The van der Waals surface area contributed by atoms with Gasteiger partial charge in [-0.15, -0.1) is 0 Å². The van der Waals surface area contributed by atoms with E-state index in [1.165, 1.54) is 24.3 Å². The molecule has 0 bridgehead atoms.